The average Bonchev–Trinajstić information content (AvgIpc) is 2.59. The van der Waals surface area contributed by atoms with Gasteiger partial charge in [0.1, 0.15) is 21.2 Å². The molecule has 0 saturated heterocycles. The number of thiazole rings is 1. The fraction of sp³-hybridized carbons (Fsp3) is 0.182. The molecule has 16 heavy (non-hydrogen) atoms. The lowest BCUT2D eigenvalue weighted by molar-refractivity contribution is 0.415. The topological polar surface area (TPSA) is 22.1 Å². The zero-order valence-corrected chi connectivity index (χ0v) is 11.2. The van der Waals surface area contributed by atoms with Crippen LogP contribution in [-0.4, -0.2) is 12.1 Å². The molecule has 2 aromatic rings. The fourth-order valence-corrected chi connectivity index (χ4v) is 2.70. The lowest BCUT2D eigenvalue weighted by Crippen LogP contribution is -1.88. The van der Waals surface area contributed by atoms with E-state index < -0.39 is 0 Å². The molecule has 0 aliphatic carbocycles. The third-order valence-corrected chi connectivity index (χ3v) is 4.17. The Morgan fingerprint density at radius 1 is 1.44 bits per heavy atom. The van der Waals surface area contributed by atoms with Crippen LogP contribution in [-0.2, 0) is 0 Å². The minimum atomic E-state index is -0.292. The summed E-state index contributed by atoms with van der Waals surface area (Å²) in [6, 6.07) is 4.41. The maximum absolute atomic E-state index is 13.2. The summed E-state index contributed by atoms with van der Waals surface area (Å²) in [5, 5.41) is 0.751. The van der Waals surface area contributed by atoms with E-state index >= 15 is 0 Å². The number of benzene rings is 1. The van der Waals surface area contributed by atoms with Gasteiger partial charge in [-0.1, -0.05) is 0 Å². The van der Waals surface area contributed by atoms with Gasteiger partial charge in [-0.25, -0.2) is 9.37 Å². The molecule has 2 rings (SSSR count). The molecule has 0 radical (unpaired) electrons. The Morgan fingerprint density at radius 3 is 2.75 bits per heavy atom. The molecule has 1 heterocycles. The van der Waals surface area contributed by atoms with Crippen molar-refractivity contribution in [1.82, 2.24) is 4.98 Å². The first kappa shape index (κ1) is 11.5. The molecule has 0 aliphatic rings. The zero-order valence-electron chi connectivity index (χ0n) is 8.75. The van der Waals surface area contributed by atoms with Crippen LogP contribution < -0.4 is 4.74 Å². The highest BCUT2D eigenvalue weighted by Gasteiger charge is 2.12. The van der Waals surface area contributed by atoms with Crippen molar-refractivity contribution in [2.24, 2.45) is 0 Å². The molecule has 0 unspecified atom stereocenters. The van der Waals surface area contributed by atoms with Gasteiger partial charge in [0.2, 0.25) is 0 Å². The number of ether oxygens (including phenoxy) is 1. The third-order valence-electron chi connectivity index (χ3n) is 2.13. The maximum Gasteiger partial charge on any atom is 0.129 e. The second-order valence-corrected chi connectivity index (χ2v) is 5.16. The molecule has 1 aromatic heterocycles. The highest BCUT2D eigenvalue weighted by Crippen LogP contribution is 2.36. The van der Waals surface area contributed by atoms with Gasteiger partial charge in [-0.3, -0.25) is 0 Å². The number of rotatable bonds is 2. The predicted octanol–water partition coefficient (Wildman–Crippen LogP) is 4.03. The van der Waals surface area contributed by atoms with Gasteiger partial charge in [0.05, 0.1) is 12.7 Å². The molecular weight excluding hydrogens is 293 g/mol. The molecular formula is C11H9BrFNOS. The molecule has 0 spiro atoms. The second kappa shape index (κ2) is 4.51. The van der Waals surface area contributed by atoms with E-state index in [2.05, 4.69) is 20.9 Å². The molecule has 0 atom stereocenters. The number of halogens is 2. The summed E-state index contributed by atoms with van der Waals surface area (Å²) in [5.74, 6) is 0.336. The number of methoxy groups -OCH3 is 1. The summed E-state index contributed by atoms with van der Waals surface area (Å²) in [4.78, 5) is 5.38. The van der Waals surface area contributed by atoms with Crippen molar-refractivity contribution >= 4 is 27.3 Å². The standard InChI is InChI=1S/C11H9BrFNOS/c1-6-10(12)14-11(16-6)8-5-7(13)3-4-9(8)15-2/h3-5H,1-2H3. The van der Waals surface area contributed by atoms with Crippen molar-refractivity contribution in [1.29, 1.82) is 0 Å². The van der Waals surface area contributed by atoms with Crippen LogP contribution in [0.25, 0.3) is 10.6 Å². The molecule has 0 fully saturated rings. The molecule has 84 valence electrons. The Morgan fingerprint density at radius 2 is 2.19 bits per heavy atom. The van der Waals surface area contributed by atoms with E-state index in [0.717, 1.165) is 14.5 Å². The van der Waals surface area contributed by atoms with Crippen molar-refractivity contribution in [3.05, 3.63) is 33.5 Å². The summed E-state index contributed by atoms with van der Waals surface area (Å²) >= 11 is 4.84. The first-order valence-corrected chi connectivity index (χ1v) is 6.19. The zero-order chi connectivity index (χ0) is 11.7. The van der Waals surface area contributed by atoms with Crippen LogP contribution in [0, 0.1) is 12.7 Å². The maximum atomic E-state index is 13.2. The Hall–Kier alpha value is -0.940. The van der Waals surface area contributed by atoms with Crippen molar-refractivity contribution in [2.75, 3.05) is 7.11 Å². The SMILES string of the molecule is COc1ccc(F)cc1-c1nc(Br)c(C)s1. The van der Waals surface area contributed by atoms with Gasteiger partial charge in [-0.2, -0.15) is 0 Å². The molecule has 0 amide bonds. The third kappa shape index (κ3) is 2.10. The normalized spacial score (nSPS) is 10.5. The largest absolute Gasteiger partial charge is 0.496 e. The van der Waals surface area contributed by atoms with Crippen molar-refractivity contribution in [3.8, 4) is 16.3 Å². The van der Waals surface area contributed by atoms with E-state index in [1.165, 1.54) is 23.5 Å². The summed E-state index contributed by atoms with van der Waals surface area (Å²) in [5.41, 5.74) is 0.682. The van der Waals surface area contributed by atoms with Gasteiger partial charge in [0.15, 0.2) is 0 Å². The van der Waals surface area contributed by atoms with Gasteiger partial charge in [0, 0.05) is 4.88 Å². The highest BCUT2D eigenvalue weighted by molar-refractivity contribution is 9.10. The Kier molecular flexibility index (Phi) is 3.25. The number of hydrogen-bond acceptors (Lipinski definition) is 3. The quantitative estimate of drug-likeness (QED) is 0.835. The van der Waals surface area contributed by atoms with E-state index in [4.69, 9.17) is 4.74 Å². The van der Waals surface area contributed by atoms with Crippen molar-refractivity contribution < 1.29 is 9.13 Å². The Bertz CT molecular complexity index is 507. The number of aromatic nitrogens is 1. The Labute approximate surface area is 105 Å². The van der Waals surface area contributed by atoms with Crippen molar-refractivity contribution in [3.63, 3.8) is 0 Å². The first-order valence-electron chi connectivity index (χ1n) is 4.58. The minimum absolute atomic E-state index is 0.292. The second-order valence-electron chi connectivity index (χ2n) is 3.21. The minimum Gasteiger partial charge on any atom is -0.496 e. The highest BCUT2D eigenvalue weighted by atomic mass is 79.9. The summed E-state index contributed by atoms with van der Waals surface area (Å²) in [6.07, 6.45) is 0. The first-order chi connectivity index (χ1) is 7.61. The summed E-state index contributed by atoms with van der Waals surface area (Å²) in [7, 11) is 1.56. The van der Waals surface area contributed by atoms with Crippen molar-refractivity contribution in [2.45, 2.75) is 6.92 Å². The fourth-order valence-electron chi connectivity index (χ4n) is 1.34. The van der Waals surface area contributed by atoms with Crippen LogP contribution in [0.3, 0.4) is 0 Å². The Balaban J connectivity index is 2.57. The molecule has 5 heteroatoms. The average molecular weight is 302 g/mol. The molecule has 0 bridgehead atoms. The van der Waals surface area contributed by atoms with Crippen LogP contribution in [0.5, 0.6) is 5.75 Å². The van der Waals surface area contributed by atoms with E-state index in [1.54, 1.807) is 13.2 Å². The van der Waals surface area contributed by atoms with Crippen LogP contribution in [0.2, 0.25) is 0 Å². The summed E-state index contributed by atoms with van der Waals surface area (Å²) < 4.78 is 19.2. The monoisotopic (exact) mass is 301 g/mol. The van der Waals surface area contributed by atoms with Crippen LogP contribution in [0.15, 0.2) is 22.8 Å². The molecule has 1 aromatic carbocycles. The van der Waals surface area contributed by atoms with Gasteiger partial charge in [0.25, 0.3) is 0 Å². The smallest absolute Gasteiger partial charge is 0.129 e. The van der Waals surface area contributed by atoms with E-state index in [0.29, 0.717) is 11.3 Å². The van der Waals surface area contributed by atoms with Gasteiger partial charge in [-0.15, -0.1) is 11.3 Å². The number of aryl methyl sites for hydroxylation is 1. The summed E-state index contributed by atoms with van der Waals surface area (Å²) in [6.45, 7) is 1.96. The molecule has 0 N–H and O–H groups in total. The van der Waals surface area contributed by atoms with Gasteiger partial charge < -0.3 is 4.74 Å². The lowest BCUT2D eigenvalue weighted by atomic mass is 10.2. The lowest BCUT2D eigenvalue weighted by Gasteiger charge is -2.05. The predicted molar refractivity (Wildman–Crippen MR) is 66.5 cm³/mol. The van der Waals surface area contributed by atoms with E-state index in [-0.39, 0.29) is 5.82 Å². The van der Waals surface area contributed by atoms with Gasteiger partial charge >= 0.3 is 0 Å². The van der Waals surface area contributed by atoms with Gasteiger partial charge in [-0.05, 0) is 41.1 Å². The molecule has 0 aliphatic heterocycles. The van der Waals surface area contributed by atoms with Crippen LogP contribution in [0.4, 0.5) is 4.39 Å². The van der Waals surface area contributed by atoms with E-state index in [9.17, 15) is 4.39 Å². The number of nitrogens with zero attached hydrogens (tertiary/aromatic N) is 1. The molecule has 0 saturated carbocycles. The molecule has 2 nitrogen and oxygen atoms in total. The van der Waals surface area contributed by atoms with Crippen LogP contribution in [0.1, 0.15) is 4.88 Å². The van der Waals surface area contributed by atoms with Crippen LogP contribution >= 0.6 is 27.3 Å². The number of hydrogen-bond donors (Lipinski definition) is 0. The van der Waals surface area contributed by atoms with E-state index in [1.807, 2.05) is 6.92 Å².